The molecule has 9 heteroatoms. The summed E-state index contributed by atoms with van der Waals surface area (Å²) in [6.45, 7) is 1.51. The Morgan fingerprint density at radius 3 is 2.40 bits per heavy atom. The Hall–Kier alpha value is -1.87. The number of nitrogens with zero attached hydrogens (tertiary/aromatic N) is 3. The lowest BCUT2D eigenvalue weighted by atomic mass is 10.2. The number of pyridine rings is 1. The first kappa shape index (κ1) is 14.5. The summed E-state index contributed by atoms with van der Waals surface area (Å²) in [6.07, 6.45) is 1.17. The second-order valence-electron chi connectivity index (χ2n) is 4.56. The molecule has 20 heavy (non-hydrogen) atoms. The number of hydrogen-bond donors (Lipinski definition) is 2. The Balaban J connectivity index is 2.18. The van der Waals surface area contributed by atoms with Crippen molar-refractivity contribution in [3.8, 4) is 0 Å². The maximum Gasteiger partial charge on any atom is 0.354 e. The molecule has 1 aromatic heterocycles. The van der Waals surface area contributed by atoms with E-state index >= 15 is 0 Å². The first-order valence-electron chi connectivity index (χ1n) is 5.99. The lowest BCUT2D eigenvalue weighted by Gasteiger charge is -2.34. The van der Waals surface area contributed by atoms with E-state index in [4.69, 9.17) is 10.8 Å². The fourth-order valence-electron chi connectivity index (χ4n) is 2.06. The minimum absolute atomic E-state index is 0.0836. The zero-order chi connectivity index (χ0) is 14.9. The second kappa shape index (κ2) is 5.25. The predicted molar refractivity (Wildman–Crippen MR) is 74.2 cm³/mol. The van der Waals surface area contributed by atoms with E-state index < -0.39 is 16.0 Å². The van der Waals surface area contributed by atoms with Gasteiger partial charge in [-0.3, -0.25) is 0 Å². The Morgan fingerprint density at radius 2 is 1.90 bits per heavy atom. The van der Waals surface area contributed by atoms with Crippen LogP contribution in [0, 0.1) is 0 Å². The van der Waals surface area contributed by atoms with E-state index in [0.29, 0.717) is 37.7 Å². The molecule has 0 aliphatic carbocycles. The van der Waals surface area contributed by atoms with Crippen molar-refractivity contribution >= 4 is 27.5 Å². The van der Waals surface area contributed by atoms with Crippen LogP contribution in [0.2, 0.25) is 0 Å². The van der Waals surface area contributed by atoms with E-state index in [2.05, 4.69) is 4.98 Å². The van der Waals surface area contributed by atoms with E-state index in [9.17, 15) is 13.2 Å². The molecule has 0 radical (unpaired) electrons. The summed E-state index contributed by atoms with van der Waals surface area (Å²) >= 11 is 0. The molecular formula is C11H16N4O4S. The van der Waals surface area contributed by atoms with Crippen LogP contribution in [-0.2, 0) is 10.0 Å². The molecule has 0 aromatic carbocycles. The zero-order valence-electron chi connectivity index (χ0n) is 11.0. The van der Waals surface area contributed by atoms with Gasteiger partial charge < -0.3 is 15.7 Å². The van der Waals surface area contributed by atoms with Crippen molar-refractivity contribution in [1.82, 2.24) is 9.29 Å². The maximum absolute atomic E-state index is 11.4. The lowest BCUT2D eigenvalue weighted by Crippen LogP contribution is -2.48. The molecule has 3 N–H and O–H groups in total. The zero-order valence-corrected chi connectivity index (χ0v) is 11.8. The summed E-state index contributed by atoms with van der Waals surface area (Å²) in [6, 6.07) is 2.84. The molecule has 2 heterocycles. The van der Waals surface area contributed by atoms with Crippen LogP contribution in [-0.4, -0.2) is 61.2 Å². The largest absolute Gasteiger partial charge is 0.477 e. The van der Waals surface area contributed by atoms with Crippen molar-refractivity contribution < 1.29 is 18.3 Å². The van der Waals surface area contributed by atoms with E-state index in [1.165, 1.54) is 22.7 Å². The summed E-state index contributed by atoms with van der Waals surface area (Å²) in [5, 5.41) is 8.94. The molecule has 110 valence electrons. The average molecular weight is 300 g/mol. The van der Waals surface area contributed by atoms with E-state index in [-0.39, 0.29) is 5.69 Å². The Kier molecular flexibility index (Phi) is 3.82. The fourth-order valence-corrected chi connectivity index (χ4v) is 2.89. The monoisotopic (exact) mass is 300 g/mol. The first-order valence-corrected chi connectivity index (χ1v) is 7.84. The topological polar surface area (TPSA) is 117 Å². The number of aromatic nitrogens is 1. The van der Waals surface area contributed by atoms with Gasteiger partial charge in [0.05, 0.1) is 11.9 Å². The highest BCUT2D eigenvalue weighted by molar-refractivity contribution is 7.88. The molecule has 2 rings (SSSR count). The number of carboxylic acid groups (broad SMARTS) is 1. The van der Waals surface area contributed by atoms with Gasteiger partial charge in [0.2, 0.25) is 10.0 Å². The van der Waals surface area contributed by atoms with Gasteiger partial charge in [-0.2, -0.15) is 4.31 Å². The molecule has 0 spiro atoms. The summed E-state index contributed by atoms with van der Waals surface area (Å²) < 4.78 is 24.2. The van der Waals surface area contributed by atoms with Crippen LogP contribution in [0.1, 0.15) is 10.5 Å². The maximum atomic E-state index is 11.4. The first-order chi connectivity index (χ1) is 9.29. The molecule has 8 nitrogen and oxygen atoms in total. The second-order valence-corrected chi connectivity index (χ2v) is 6.55. The molecule has 0 amide bonds. The highest BCUT2D eigenvalue weighted by Gasteiger charge is 2.25. The summed E-state index contributed by atoms with van der Waals surface area (Å²) in [4.78, 5) is 16.7. The highest BCUT2D eigenvalue weighted by atomic mass is 32.2. The van der Waals surface area contributed by atoms with Gasteiger partial charge >= 0.3 is 5.97 Å². The number of hydrogen-bond acceptors (Lipinski definition) is 6. The van der Waals surface area contributed by atoms with Crippen molar-refractivity contribution in [2.24, 2.45) is 0 Å². The quantitative estimate of drug-likeness (QED) is 0.768. The van der Waals surface area contributed by atoms with Crippen LogP contribution in [0.4, 0.5) is 11.5 Å². The van der Waals surface area contributed by atoms with Gasteiger partial charge in [0.25, 0.3) is 0 Å². The van der Waals surface area contributed by atoms with Crippen LogP contribution in [0.15, 0.2) is 12.1 Å². The molecule has 1 fully saturated rings. The standard InChI is InChI=1S/C11H16N4O4S/c1-20(18,19)15-6-4-14(5-7-15)10-8(12)2-3-9(13-10)11(16)17/h2-3H,4-7,12H2,1H3,(H,16,17). The van der Waals surface area contributed by atoms with Gasteiger partial charge in [0.1, 0.15) is 0 Å². The number of carbonyl (C=O) groups is 1. The molecule has 1 aliphatic heterocycles. The summed E-state index contributed by atoms with van der Waals surface area (Å²) in [5.74, 6) is -0.737. The number of nitrogen functional groups attached to an aromatic ring is 1. The van der Waals surface area contributed by atoms with Gasteiger partial charge in [-0.05, 0) is 12.1 Å². The third-order valence-corrected chi connectivity index (χ3v) is 4.43. The van der Waals surface area contributed by atoms with E-state index in [1.807, 2.05) is 0 Å². The van der Waals surface area contributed by atoms with Crippen LogP contribution in [0.3, 0.4) is 0 Å². The SMILES string of the molecule is CS(=O)(=O)N1CCN(c2nc(C(=O)O)ccc2N)CC1. The number of aromatic carboxylic acids is 1. The van der Waals surface area contributed by atoms with Crippen LogP contribution in [0.25, 0.3) is 0 Å². The third-order valence-electron chi connectivity index (χ3n) is 3.13. The minimum Gasteiger partial charge on any atom is -0.477 e. The number of sulfonamides is 1. The highest BCUT2D eigenvalue weighted by Crippen LogP contribution is 2.22. The van der Waals surface area contributed by atoms with E-state index in [0.717, 1.165) is 0 Å². The van der Waals surface area contributed by atoms with Gasteiger partial charge in [-0.1, -0.05) is 0 Å². The van der Waals surface area contributed by atoms with Crippen molar-refractivity contribution in [3.05, 3.63) is 17.8 Å². The van der Waals surface area contributed by atoms with Gasteiger partial charge in [-0.25, -0.2) is 18.2 Å². The Morgan fingerprint density at radius 1 is 1.30 bits per heavy atom. The molecule has 0 bridgehead atoms. The van der Waals surface area contributed by atoms with Gasteiger partial charge in [-0.15, -0.1) is 0 Å². The number of nitrogens with two attached hydrogens (primary N) is 1. The summed E-state index contributed by atoms with van der Waals surface area (Å²) in [7, 11) is -3.20. The number of rotatable bonds is 3. The van der Waals surface area contributed by atoms with Crippen molar-refractivity contribution in [2.75, 3.05) is 43.1 Å². The smallest absolute Gasteiger partial charge is 0.354 e. The Labute approximate surface area is 116 Å². The normalized spacial score (nSPS) is 17.1. The number of carboxylic acids is 1. The average Bonchev–Trinajstić information content (AvgIpc) is 2.38. The molecule has 0 atom stereocenters. The number of piperazine rings is 1. The van der Waals surface area contributed by atoms with Crippen molar-refractivity contribution in [1.29, 1.82) is 0 Å². The molecular weight excluding hydrogens is 284 g/mol. The molecule has 1 aromatic rings. The fraction of sp³-hybridized carbons (Fsp3) is 0.455. The Bertz CT molecular complexity index is 623. The van der Waals surface area contributed by atoms with Crippen molar-refractivity contribution in [3.63, 3.8) is 0 Å². The van der Waals surface area contributed by atoms with Gasteiger partial charge in [0, 0.05) is 26.2 Å². The predicted octanol–water partition coefficient (Wildman–Crippen LogP) is -0.556. The van der Waals surface area contributed by atoms with Gasteiger partial charge in [0.15, 0.2) is 11.5 Å². The molecule has 1 saturated heterocycles. The molecule has 0 unspecified atom stereocenters. The van der Waals surface area contributed by atoms with Crippen LogP contribution < -0.4 is 10.6 Å². The number of anilines is 2. The molecule has 0 saturated carbocycles. The van der Waals surface area contributed by atoms with Crippen molar-refractivity contribution in [2.45, 2.75) is 0 Å². The van der Waals surface area contributed by atoms with Crippen LogP contribution >= 0.6 is 0 Å². The minimum atomic E-state index is -3.20. The van der Waals surface area contributed by atoms with Crippen LogP contribution in [0.5, 0.6) is 0 Å². The summed E-state index contributed by atoms with van der Waals surface area (Å²) in [5.41, 5.74) is 6.11. The third kappa shape index (κ3) is 2.99. The lowest BCUT2D eigenvalue weighted by molar-refractivity contribution is 0.0690. The van der Waals surface area contributed by atoms with E-state index in [1.54, 1.807) is 4.90 Å². The molecule has 1 aliphatic rings.